The van der Waals surface area contributed by atoms with E-state index in [0.29, 0.717) is 0 Å². The zero-order valence-corrected chi connectivity index (χ0v) is 11.6. The third-order valence-corrected chi connectivity index (χ3v) is 2.66. The van der Waals surface area contributed by atoms with Crippen LogP contribution >= 0.6 is 0 Å². The Hall–Kier alpha value is -3.49. The highest BCUT2D eigenvalue weighted by Crippen LogP contribution is 2.20. The van der Waals surface area contributed by atoms with E-state index in [2.05, 4.69) is 0 Å². The first-order valence-electron chi connectivity index (χ1n) is 6.28. The molecule has 0 bridgehead atoms. The van der Waals surface area contributed by atoms with Crippen molar-refractivity contribution in [1.29, 1.82) is 0 Å². The third-order valence-electron chi connectivity index (χ3n) is 2.66. The molecule has 0 aromatic heterocycles. The molecular weight excluding hydrogens is 308 g/mol. The zero-order valence-electron chi connectivity index (χ0n) is 11.6. The summed E-state index contributed by atoms with van der Waals surface area (Å²) >= 11 is 0. The lowest BCUT2D eigenvalue weighted by Crippen LogP contribution is -2.17. The molecule has 0 aliphatic rings. The number of esters is 1. The first kappa shape index (κ1) is 15.9. The number of benzene rings is 2. The van der Waals surface area contributed by atoms with E-state index in [9.17, 15) is 25.0 Å². The van der Waals surface area contributed by atoms with Crippen LogP contribution in [0, 0.1) is 20.2 Å². The summed E-state index contributed by atoms with van der Waals surface area (Å²) in [6, 6.07) is 10.3. The van der Waals surface area contributed by atoms with Gasteiger partial charge in [0.25, 0.3) is 11.4 Å². The van der Waals surface area contributed by atoms with Crippen molar-refractivity contribution >= 4 is 17.3 Å². The standard InChI is InChI=1S/C14H10N2O7/c17-14(23-13-3-1-2-11(8-13)16(20)21)9-22-12-6-4-10(5-7-12)15(18)19/h1-8H,9H2. The van der Waals surface area contributed by atoms with Gasteiger partial charge in [-0.15, -0.1) is 0 Å². The molecule has 0 atom stereocenters. The van der Waals surface area contributed by atoms with Crippen LogP contribution in [0.4, 0.5) is 11.4 Å². The molecule has 0 saturated carbocycles. The molecule has 0 N–H and O–H groups in total. The van der Waals surface area contributed by atoms with E-state index >= 15 is 0 Å². The van der Waals surface area contributed by atoms with E-state index in [-0.39, 0.29) is 22.9 Å². The van der Waals surface area contributed by atoms with E-state index < -0.39 is 22.4 Å². The van der Waals surface area contributed by atoms with Gasteiger partial charge in [-0.05, 0) is 18.2 Å². The van der Waals surface area contributed by atoms with Crippen molar-refractivity contribution in [3.05, 3.63) is 68.8 Å². The number of hydrogen-bond donors (Lipinski definition) is 0. The van der Waals surface area contributed by atoms with Crippen molar-refractivity contribution in [2.45, 2.75) is 0 Å². The number of nitro benzene ring substituents is 2. The first-order chi connectivity index (χ1) is 11.0. The number of ether oxygens (including phenoxy) is 2. The predicted octanol–water partition coefficient (Wildman–Crippen LogP) is 2.49. The van der Waals surface area contributed by atoms with Gasteiger partial charge in [-0.25, -0.2) is 4.79 Å². The van der Waals surface area contributed by atoms with Crippen LogP contribution < -0.4 is 9.47 Å². The predicted molar refractivity (Wildman–Crippen MR) is 77.3 cm³/mol. The molecule has 118 valence electrons. The Labute approximate surface area is 129 Å². The Morgan fingerprint density at radius 3 is 2.17 bits per heavy atom. The van der Waals surface area contributed by atoms with Crippen LogP contribution in [0.15, 0.2) is 48.5 Å². The molecule has 0 heterocycles. The summed E-state index contributed by atoms with van der Waals surface area (Å²) in [7, 11) is 0. The Bertz CT molecular complexity index is 743. The second kappa shape index (κ2) is 6.98. The van der Waals surface area contributed by atoms with Crippen molar-refractivity contribution in [1.82, 2.24) is 0 Å². The molecule has 0 unspecified atom stereocenters. The molecule has 0 fully saturated rings. The maximum Gasteiger partial charge on any atom is 0.349 e. The largest absolute Gasteiger partial charge is 0.482 e. The molecule has 0 spiro atoms. The molecule has 0 radical (unpaired) electrons. The van der Waals surface area contributed by atoms with Crippen LogP contribution in [-0.4, -0.2) is 22.4 Å². The van der Waals surface area contributed by atoms with Gasteiger partial charge < -0.3 is 9.47 Å². The maximum absolute atomic E-state index is 11.6. The fraction of sp³-hybridized carbons (Fsp3) is 0.0714. The highest BCUT2D eigenvalue weighted by molar-refractivity contribution is 5.74. The van der Waals surface area contributed by atoms with Gasteiger partial charge in [0.15, 0.2) is 6.61 Å². The van der Waals surface area contributed by atoms with Crippen LogP contribution in [0.25, 0.3) is 0 Å². The molecule has 0 aliphatic carbocycles. The highest BCUT2D eigenvalue weighted by atomic mass is 16.6. The van der Waals surface area contributed by atoms with Crippen LogP contribution in [0.1, 0.15) is 0 Å². The van der Waals surface area contributed by atoms with Crippen molar-refractivity contribution in [2.24, 2.45) is 0 Å². The monoisotopic (exact) mass is 318 g/mol. The van der Waals surface area contributed by atoms with Gasteiger partial charge in [0.05, 0.1) is 15.9 Å². The van der Waals surface area contributed by atoms with E-state index in [1.165, 1.54) is 42.5 Å². The van der Waals surface area contributed by atoms with E-state index in [1.54, 1.807) is 0 Å². The minimum absolute atomic E-state index is 0.0245. The highest BCUT2D eigenvalue weighted by Gasteiger charge is 2.11. The van der Waals surface area contributed by atoms with E-state index in [1.807, 2.05) is 0 Å². The lowest BCUT2D eigenvalue weighted by atomic mass is 10.3. The number of carbonyl (C=O) groups excluding carboxylic acids is 1. The van der Waals surface area contributed by atoms with E-state index in [0.717, 1.165) is 6.07 Å². The quantitative estimate of drug-likeness (QED) is 0.347. The Balaban J connectivity index is 1.91. The lowest BCUT2D eigenvalue weighted by Gasteiger charge is -2.06. The van der Waals surface area contributed by atoms with Crippen molar-refractivity contribution < 1.29 is 24.1 Å². The van der Waals surface area contributed by atoms with Crippen molar-refractivity contribution in [3.8, 4) is 11.5 Å². The van der Waals surface area contributed by atoms with Gasteiger partial charge in [0, 0.05) is 18.2 Å². The lowest BCUT2D eigenvalue weighted by molar-refractivity contribution is -0.385. The topological polar surface area (TPSA) is 122 Å². The summed E-state index contributed by atoms with van der Waals surface area (Å²) in [6.07, 6.45) is 0. The van der Waals surface area contributed by atoms with Gasteiger partial charge in [0.1, 0.15) is 11.5 Å². The maximum atomic E-state index is 11.6. The van der Waals surface area contributed by atoms with Crippen LogP contribution in [0.2, 0.25) is 0 Å². The molecular formula is C14H10N2O7. The fourth-order valence-corrected chi connectivity index (χ4v) is 1.63. The Morgan fingerprint density at radius 2 is 1.57 bits per heavy atom. The minimum atomic E-state index is -0.760. The molecule has 2 rings (SSSR count). The number of hydrogen-bond acceptors (Lipinski definition) is 7. The summed E-state index contributed by atoms with van der Waals surface area (Å²) in [5, 5.41) is 21.1. The SMILES string of the molecule is O=C(COc1ccc([N+](=O)[O-])cc1)Oc1cccc([N+](=O)[O-])c1. The third kappa shape index (κ3) is 4.49. The number of non-ortho nitro benzene ring substituents is 2. The number of nitro groups is 2. The van der Waals surface area contributed by atoms with Crippen LogP contribution in [-0.2, 0) is 4.79 Å². The van der Waals surface area contributed by atoms with Crippen molar-refractivity contribution in [2.75, 3.05) is 6.61 Å². The first-order valence-corrected chi connectivity index (χ1v) is 6.28. The normalized spacial score (nSPS) is 9.91. The van der Waals surface area contributed by atoms with Crippen LogP contribution in [0.3, 0.4) is 0 Å². The zero-order chi connectivity index (χ0) is 16.8. The van der Waals surface area contributed by atoms with Gasteiger partial charge in [-0.3, -0.25) is 20.2 Å². The number of nitrogens with zero attached hydrogens (tertiary/aromatic N) is 2. The Morgan fingerprint density at radius 1 is 0.913 bits per heavy atom. The fourth-order valence-electron chi connectivity index (χ4n) is 1.63. The summed E-state index contributed by atoms with van der Waals surface area (Å²) in [4.78, 5) is 31.6. The number of rotatable bonds is 6. The minimum Gasteiger partial charge on any atom is -0.482 e. The summed E-state index contributed by atoms with van der Waals surface area (Å²) in [5.41, 5.74) is -0.303. The molecule has 9 heteroatoms. The second-order valence-corrected chi connectivity index (χ2v) is 4.27. The average Bonchev–Trinajstić information content (AvgIpc) is 2.53. The van der Waals surface area contributed by atoms with Gasteiger partial charge in [-0.1, -0.05) is 6.07 Å². The van der Waals surface area contributed by atoms with Gasteiger partial charge in [0.2, 0.25) is 0 Å². The Kier molecular flexibility index (Phi) is 4.82. The summed E-state index contributed by atoms with van der Waals surface area (Å²) in [6.45, 7) is -0.444. The smallest absolute Gasteiger partial charge is 0.349 e. The van der Waals surface area contributed by atoms with Gasteiger partial charge >= 0.3 is 5.97 Å². The molecule has 23 heavy (non-hydrogen) atoms. The molecule has 9 nitrogen and oxygen atoms in total. The molecule has 2 aromatic carbocycles. The molecule has 0 saturated heterocycles. The van der Waals surface area contributed by atoms with Gasteiger partial charge in [-0.2, -0.15) is 0 Å². The molecule has 0 amide bonds. The second-order valence-electron chi connectivity index (χ2n) is 4.27. The van der Waals surface area contributed by atoms with Crippen molar-refractivity contribution in [3.63, 3.8) is 0 Å². The van der Waals surface area contributed by atoms with Crippen LogP contribution in [0.5, 0.6) is 11.5 Å². The average molecular weight is 318 g/mol. The molecule has 0 aliphatic heterocycles. The summed E-state index contributed by atoms with van der Waals surface area (Å²) < 4.78 is 10.0. The number of carbonyl (C=O) groups is 1. The summed E-state index contributed by atoms with van der Waals surface area (Å²) in [5.74, 6) is -0.480. The molecule has 2 aromatic rings. The van der Waals surface area contributed by atoms with E-state index in [4.69, 9.17) is 9.47 Å².